The van der Waals surface area contributed by atoms with Crippen LogP contribution in [-0.2, 0) is 11.8 Å². The molecule has 21 heavy (non-hydrogen) atoms. The van der Waals surface area contributed by atoms with Crippen LogP contribution >= 0.6 is 11.8 Å². The Morgan fingerprint density at radius 2 is 2.24 bits per heavy atom. The maximum absolute atomic E-state index is 10.8. The van der Waals surface area contributed by atoms with Crippen molar-refractivity contribution in [1.29, 1.82) is 0 Å². The highest BCUT2D eigenvalue weighted by molar-refractivity contribution is 7.99. The molecule has 3 rings (SSSR count). The van der Waals surface area contributed by atoms with Crippen molar-refractivity contribution in [1.82, 2.24) is 24.3 Å². The second-order valence-electron chi connectivity index (χ2n) is 4.56. The zero-order valence-electron chi connectivity index (χ0n) is 11.5. The first-order valence-electron chi connectivity index (χ1n) is 6.25. The number of hydrogen-bond donors (Lipinski definition) is 1. The van der Waals surface area contributed by atoms with Gasteiger partial charge in [0.15, 0.2) is 16.6 Å². The molecule has 0 bridgehead atoms. The second-order valence-corrected chi connectivity index (χ2v) is 5.50. The molecule has 3 aromatic rings. The topological polar surface area (TPSA) is 85.8 Å². The van der Waals surface area contributed by atoms with Crippen molar-refractivity contribution in [3.05, 3.63) is 30.1 Å². The number of pyridine rings is 1. The summed E-state index contributed by atoms with van der Waals surface area (Å²) in [7, 11) is 1.82. The maximum atomic E-state index is 10.8. The quantitative estimate of drug-likeness (QED) is 0.737. The van der Waals surface area contributed by atoms with Gasteiger partial charge in [0, 0.05) is 25.5 Å². The van der Waals surface area contributed by atoms with E-state index in [2.05, 4.69) is 15.1 Å². The van der Waals surface area contributed by atoms with Gasteiger partial charge in [0.2, 0.25) is 0 Å². The Balaban J connectivity index is 2.20. The zero-order valence-corrected chi connectivity index (χ0v) is 12.3. The minimum Gasteiger partial charge on any atom is -0.481 e. The summed E-state index contributed by atoms with van der Waals surface area (Å²) >= 11 is 1.16. The lowest BCUT2D eigenvalue weighted by atomic mass is 10.3. The van der Waals surface area contributed by atoms with E-state index in [1.807, 2.05) is 32.3 Å². The molecule has 7 nitrogen and oxygen atoms in total. The van der Waals surface area contributed by atoms with E-state index in [0.29, 0.717) is 16.6 Å². The Bertz CT molecular complexity index is 823. The molecule has 0 radical (unpaired) electrons. The third kappa shape index (κ3) is 2.49. The fraction of sp³-hybridized carbons (Fsp3) is 0.231. The summed E-state index contributed by atoms with van der Waals surface area (Å²) in [5.74, 6) is -0.273. The third-order valence-corrected chi connectivity index (χ3v) is 3.89. The molecular weight excluding hydrogens is 290 g/mol. The van der Waals surface area contributed by atoms with Crippen LogP contribution in [0.5, 0.6) is 0 Å². The lowest BCUT2D eigenvalue weighted by Crippen LogP contribution is -2.03. The van der Waals surface area contributed by atoms with Crippen LogP contribution in [-0.4, -0.2) is 41.1 Å². The van der Waals surface area contributed by atoms with Crippen LogP contribution in [0.25, 0.3) is 17.0 Å². The molecule has 0 amide bonds. The summed E-state index contributed by atoms with van der Waals surface area (Å²) in [5.41, 5.74) is 2.43. The minimum absolute atomic E-state index is 0.0603. The number of rotatable bonds is 4. The summed E-state index contributed by atoms with van der Waals surface area (Å²) in [6.45, 7) is 1.95. The fourth-order valence-corrected chi connectivity index (χ4v) is 2.74. The van der Waals surface area contributed by atoms with E-state index in [-0.39, 0.29) is 5.75 Å². The molecule has 108 valence electrons. The van der Waals surface area contributed by atoms with Crippen molar-refractivity contribution in [3.8, 4) is 5.82 Å². The van der Waals surface area contributed by atoms with Crippen molar-refractivity contribution in [2.24, 2.45) is 7.05 Å². The number of hydrogen-bond acceptors (Lipinski definition) is 5. The summed E-state index contributed by atoms with van der Waals surface area (Å²) < 4.78 is 3.47. The Hall–Kier alpha value is -2.35. The van der Waals surface area contributed by atoms with Crippen molar-refractivity contribution >= 4 is 28.9 Å². The second kappa shape index (κ2) is 5.21. The van der Waals surface area contributed by atoms with Gasteiger partial charge in [-0.25, -0.2) is 9.97 Å². The molecule has 3 heterocycles. The average Bonchev–Trinajstić information content (AvgIpc) is 3.00. The normalized spacial score (nSPS) is 11.1. The van der Waals surface area contributed by atoms with E-state index in [1.54, 1.807) is 15.4 Å². The molecule has 1 N–H and O–H groups in total. The summed E-state index contributed by atoms with van der Waals surface area (Å²) in [6, 6.07) is 3.72. The molecule has 0 aliphatic carbocycles. The summed E-state index contributed by atoms with van der Waals surface area (Å²) in [5, 5.41) is 13.8. The van der Waals surface area contributed by atoms with Crippen LogP contribution in [0.4, 0.5) is 0 Å². The highest BCUT2D eigenvalue weighted by Crippen LogP contribution is 2.27. The number of thioether (sulfide) groups is 1. The van der Waals surface area contributed by atoms with Crippen molar-refractivity contribution in [2.45, 2.75) is 12.1 Å². The van der Waals surface area contributed by atoms with Crippen LogP contribution in [0.1, 0.15) is 5.56 Å². The molecule has 3 aromatic heterocycles. The monoisotopic (exact) mass is 303 g/mol. The van der Waals surface area contributed by atoms with Gasteiger partial charge >= 0.3 is 5.97 Å². The molecule has 0 atom stereocenters. The molecule has 0 aliphatic heterocycles. The van der Waals surface area contributed by atoms with E-state index in [9.17, 15) is 4.79 Å². The molecule has 0 aliphatic rings. The summed E-state index contributed by atoms with van der Waals surface area (Å²) in [4.78, 5) is 19.7. The van der Waals surface area contributed by atoms with Gasteiger partial charge in [-0.1, -0.05) is 11.8 Å². The van der Waals surface area contributed by atoms with Gasteiger partial charge in [-0.3, -0.25) is 14.0 Å². The molecule has 0 fully saturated rings. The maximum Gasteiger partial charge on any atom is 0.313 e. The minimum atomic E-state index is -0.885. The van der Waals surface area contributed by atoms with Crippen LogP contribution in [0, 0.1) is 6.92 Å². The Labute approximate surface area is 124 Å². The van der Waals surface area contributed by atoms with Crippen molar-refractivity contribution in [3.63, 3.8) is 0 Å². The highest BCUT2D eigenvalue weighted by atomic mass is 32.2. The molecule has 0 saturated carbocycles. The van der Waals surface area contributed by atoms with Gasteiger partial charge in [-0.2, -0.15) is 5.10 Å². The smallest absolute Gasteiger partial charge is 0.313 e. The predicted molar refractivity (Wildman–Crippen MR) is 78.7 cm³/mol. The molecule has 0 spiro atoms. The third-order valence-electron chi connectivity index (χ3n) is 2.97. The molecule has 8 heteroatoms. The van der Waals surface area contributed by atoms with Gasteiger partial charge in [0.25, 0.3) is 0 Å². The first kappa shape index (κ1) is 13.6. The lowest BCUT2D eigenvalue weighted by Gasteiger charge is -2.03. The number of aromatic nitrogens is 5. The zero-order chi connectivity index (χ0) is 15.0. The lowest BCUT2D eigenvalue weighted by molar-refractivity contribution is -0.133. The van der Waals surface area contributed by atoms with Crippen LogP contribution in [0.15, 0.2) is 29.7 Å². The van der Waals surface area contributed by atoms with E-state index < -0.39 is 5.97 Å². The number of carboxylic acid groups (broad SMARTS) is 1. The van der Waals surface area contributed by atoms with Crippen LogP contribution < -0.4 is 0 Å². The molecule has 0 unspecified atom stereocenters. The van der Waals surface area contributed by atoms with E-state index >= 15 is 0 Å². The Morgan fingerprint density at radius 3 is 2.90 bits per heavy atom. The molecule has 0 saturated heterocycles. The van der Waals surface area contributed by atoms with Gasteiger partial charge in [0.05, 0.1) is 5.75 Å². The molecule has 0 aromatic carbocycles. The fourth-order valence-electron chi connectivity index (χ4n) is 2.03. The number of aliphatic carboxylic acids is 1. The van der Waals surface area contributed by atoms with E-state index in [1.165, 1.54) is 0 Å². The number of nitrogens with zero attached hydrogens (tertiary/aromatic N) is 5. The van der Waals surface area contributed by atoms with E-state index in [0.717, 1.165) is 22.8 Å². The van der Waals surface area contributed by atoms with Crippen molar-refractivity contribution < 1.29 is 9.90 Å². The standard InChI is InChI=1S/C13H13N5O2S/c1-8-3-5-14-12-11(8)15-13(21-7-10(19)20)18(12)9-4-6-17(2)16-9/h3-6H,7H2,1-2H3,(H,19,20). The van der Waals surface area contributed by atoms with Gasteiger partial charge < -0.3 is 5.11 Å². The number of aryl methyl sites for hydroxylation is 2. The summed E-state index contributed by atoms with van der Waals surface area (Å²) in [6.07, 6.45) is 3.53. The Kier molecular flexibility index (Phi) is 3.38. The van der Waals surface area contributed by atoms with Crippen LogP contribution in [0.3, 0.4) is 0 Å². The predicted octanol–water partition coefficient (Wildman–Crippen LogP) is 1.64. The highest BCUT2D eigenvalue weighted by Gasteiger charge is 2.17. The average molecular weight is 303 g/mol. The first-order chi connectivity index (χ1) is 10.1. The SMILES string of the molecule is Cc1ccnc2c1nc(SCC(=O)O)n2-c1ccn(C)n1. The van der Waals surface area contributed by atoms with Gasteiger partial charge in [-0.15, -0.1) is 0 Å². The number of carbonyl (C=O) groups is 1. The number of fused-ring (bicyclic) bond motifs is 1. The van der Waals surface area contributed by atoms with Crippen LogP contribution in [0.2, 0.25) is 0 Å². The number of carboxylic acids is 1. The van der Waals surface area contributed by atoms with Crippen molar-refractivity contribution in [2.75, 3.05) is 5.75 Å². The molecular formula is C13H13N5O2S. The van der Waals surface area contributed by atoms with Gasteiger partial charge in [0.1, 0.15) is 5.52 Å². The van der Waals surface area contributed by atoms with Gasteiger partial charge in [-0.05, 0) is 18.6 Å². The largest absolute Gasteiger partial charge is 0.481 e. The first-order valence-corrected chi connectivity index (χ1v) is 7.23. The Morgan fingerprint density at radius 1 is 1.43 bits per heavy atom. The van der Waals surface area contributed by atoms with E-state index in [4.69, 9.17) is 5.11 Å². The number of imidazole rings is 1.